The molecule has 92 valence electrons. The Morgan fingerprint density at radius 2 is 1.94 bits per heavy atom. The van der Waals surface area contributed by atoms with Crippen molar-refractivity contribution in [3.63, 3.8) is 0 Å². The van der Waals surface area contributed by atoms with Gasteiger partial charge in [0.05, 0.1) is 4.92 Å². The Kier molecular flexibility index (Phi) is 3.73. The second-order valence-electron chi connectivity index (χ2n) is 3.36. The van der Waals surface area contributed by atoms with Gasteiger partial charge in [-0.2, -0.15) is 0 Å². The van der Waals surface area contributed by atoms with Crippen LogP contribution in [-0.4, -0.2) is 10.8 Å². The average molecular weight is 327 g/mol. The quantitative estimate of drug-likeness (QED) is 0.690. The number of non-ortho nitro benzene ring substituents is 1. The first-order chi connectivity index (χ1) is 8.58. The fourth-order valence-electron chi connectivity index (χ4n) is 1.31. The minimum absolute atomic E-state index is 0.00898. The van der Waals surface area contributed by atoms with Crippen LogP contribution in [0.4, 0.5) is 11.4 Å². The minimum Gasteiger partial charge on any atom is -0.321 e. The Morgan fingerprint density at radius 1 is 1.28 bits per heavy atom. The zero-order valence-electron chi connectivity index (χ0n) is 8.92. The third kappa shape index (κ3) is 2.74. The summed E-state index contributed by atoms with van der Waals surface area (Å²) in [4.78, 5) is 22.4. The van der Waals surface area contributed by atoms with E-state index in [1.807, 2.05) is 0 Å². The van der Waals surface area contributed by atoms with E-state index >= 15 is 0 Å². The lowest BCUT2D eigenvalue weighted by atomic mass is 10.3. The van der Waals surface area contributed by atoms with Crippen LogP contribution in [0.2, 0.25) is 0 Å². The van der Waals surface area contributed by atoms with Gasteiger partial charge in [0.2, 0.25) is 0 Å². The first kappa shape index (κ1) is 12.7. The number of benzene rings is 1. The van der Waals surface area contributed by atoms with E-state index in [2.05, 4.69) is 21.2 Å². The number of nitro benzene ring substituents is 1. The van der Waals surface area contributed by atoms with Crippen molar-refractivity contribution in [1.29, 1.82) is 0 Å². The Hall–Kier alpha value is -1.73. The van der Waals surface area contributed by atoms with Crippen LogP contribution in [0, 0.1) is 10.1 Å². The maximum absolute atomic E-state index is 11.9. The number of hydrogen-bond donors (Lipinski definition) is 1. The Labute approximate surface area is 115 Å². The van der Waals surface area contributed by atoms with Crippen molar-refractivity contribution in [2.24, 2.45) is 0 Å². The summed E-state index contributed by atoms with van der Waals surface area (Å²) in [7, 11) is 0. The summed E-state index contributed by atoms with van der Waals surface area (Å²) < 4.78 is 0.729. The Balaban J connectivity index is 2.13. The number of rotatable bonds is 3. The maximum Gasteiger partial charge on any atom is 0.269 e. The number of nitrogens with zero attached hydrogens (tertiary/aromatic N) is 1. The number of thiophene rings is 1. The van der Waals surface area contributed by atoms with E-state index in [0.717, 1.165) is 4.47 Å². The normalized spacial score (nSPS) is 10.1. The topological polar surface area (TPSA) is 72.2 Å². The highest BCUT2D eigenvalue weighted by molar-refractivity contribution is 9.10. The average Bonchev–Trinajstić information content (AvgIpc) is 2.76. The first-order valence-electron chi connectivity index (χ1n) is 4.87. The van der Waals surface area contributed by atoms with E-state index in [9.17, 15) is 14.9 Å². The zero-order valence-corrected chi connectivity index (χ0v) is 11.3. The number of anilines is 1. The summed E-state index contributed by atoms with van der Waals surface area (Å²) in [6.45, 7) is 0. The molecular formula is C11H7BrN2O3S. The number of nitrogens with one attached hydrogen (secondary N) is 1. The van der Waals surface area contributed by atoms with Crippen molar-refractivity contribution in [3.8, 4) is 0 Å². The van der Waals surface area contributed by atoms with E-state index in [1.54, 1.807) is 11.4 Å². The predicted molar refractivity (Wildman–Crippen MR) is 73.1 cm³/mol. The van der Waals surface area contributed by atoms with Gasteiger partial charge in [0.1, 0.15) is 4.88 Å². The SMILES string of the molecule is O=C(Nc1ccc([N+](=O)[O-])cc1)c1sccc1Br. The van der Waals surface area contributed by atoms with Crippen molar-refractivity contribution in [3.05, 3.63) is 55.2 Å². The van der Waals surface area contributed by atoms with Crippen molar-refractivity contribution in [2.45, 2.75) is 0 Å². The molecule has 1 aromatic heterocycles. The van der Waals surface area contributed by atoms with Crippen LogP contribution in [-0.2, 0) is 0 Å². The van der Waals surface area contributed by atoms with Gasteiger partial charge in [-0.05, 0) is 39.5 Å². The molecule has 7 heteroatoms. The van der Waals surface area contributed by atoms with Crippen LogP contribution in [0.3, 0.4) is 0 Å². The van der Waals surface area contributed by atoms with Crippen molar-refractivity contribution in [1.82, 2.24) is 0 Å². The van der Waals surface area contributed by atoms with Gasteiger partial charge < -0.3 is 5.32 Å². The Bertz CT molecular complexity index is 595. The zero-order chi connectivity index (χ0) is 13.1. The number of nitro groups is 1. The molecule has 0 aliphatic heterocycles. The molecule has 1 aromatic carbocycles. The molecule has 0 atom stereocenters. The monoisotopic (exact) mass is 326 g/mol. The molecule has 1 heterocycles. The van der Waals surface area contributed by atoms with E-state index in [4.69, 9.17) is 0 Å². The van der Waals surface area contributed by atoms with E-state index in [0.29, 0.717) is 10.6 Å². The summed E-state index contributed by atoms with van der Waals surface area (Å²) >= 11 is 4.59. The molecule has 0 saturated heterocycles. The molecule has 0 saturated carbocycles. The van der Waals surface area contributed by atoms with Crippen LogP contribution in [0.15, 0.2) is 40.2 Å². The molecule has 0 unspecified atom stereocenters. The van der Waals surface area contributed by atoms with Crippen molar-refractivity contribution < 1.29 is 9.72 Å². The molecule has 1 amide bonds. The fraction of sp³-hybridized carbons (Fsp3) is 0. The maximum atomic E-state index is 11.9. The molecule has 0 spiro atoms. The highest BCUT2D eigenvalue weighted by Crippen LogP contribution is 2.24. The van der Waals surface area contributed by atoms with Gasteiger partial charge in [-0.15, -0.1) is 11.3 Å². The first-order valence-corrected chi connectivity index (χ1v) is 6.54. The third-order valence-electron chi connectivity index (χ3n) is 2.16. The van der Waals surface area contributed by atoms with E-state index < -0.39 is 4.92 Å². The fourth-order valence-corrected chi connectivity index (χ4v) is 2.76. The second kappa shape index (κ2) is 5.28. The molecule has 0 fully saturated rings. The number of amides is 1. The minimum atomic E-state index is -0.485. The number of hydrogen-bond acceptors (Lipinski definition) is 4. The van der Waals surface area contributed by atoms with Crippen molar-refractivity contribution in [2.75, 3.05) is 5.32 Å². The highest BCUT2D eigenvalue weighted by Gasteiger charge is 2.12. The van der Waals surface area contributed by atoms with Crippen molar-refractivity contribution >= 4 is 44.5 Å². The van der Waals surface area contributed by atoms with Gasteiger partial charge in [0, 0.05) is 22.3 Å². The second-order valence-corrected chi connectivity index (χ2v) is 5.13. The lowest BCUT2D eigenvalue weighted by Crippen LogP contribution is -2.10. The lowest BCUT2D eigenvalue weighted by molar-refractivity contribution is -0.384. The van der Waals surface area contributed by atoms with Crippen LogP contribution >= 0.6 is 27.3 Å². The molecular weight excluding hydrogens is 320 g/mol. The smallest absolute Gasteiger partial charge is 0.269 e. The van der Waals surface area contributed by atoms with Crippen LogP contribution in [0.5, 0.6) is 0 Å². The van der Waals surface area contributed by atoms with Crippen LogP contribution in [0.25, 0.3) is 0 Å². The molecule has 0 radical (unpaired) electrons. The molecule has 2 aromatic rings. The lowest BCUT2D eigenvalue weighted by Gasteiger charge is -2.03. The number of carbonyl (C=O) groups is 1. The molecule has 0 aliphatic rings. The third-order valence-corrected chi connectivity index (χ3v) is 4.00. The molecule has 5 nitrogen and oxygen atoms in total. The van der Waals surface area contributed by atoms with Gasteiger partial charge >= 0.3 is 0 Å². The predicted octanol–water partition coefficient (Wildman–Crippen LogP) is 3.67. The molecule has 0 bridgehead atoms. The number of carbonyl (C=O) groups excluding carboxylic acids is 1. The highest BCUT2D eigenvalue weighted by atomic mass is 79.9. The van der Waals surface area contributed by atoms with Gasteiger partial charge in [0.25, 0.3) is 11.6 Å². The largest absolute Gasteiger partial charge is 0.321 e. The van der Waals surface area contributed by atoms with Gasteiger partial charge in [-0.1, -0.05) is 0 Å². The van der Waals surface area contributed by atoms with Gasteiger partial charge in [-0.25, -0.2) is 0 Å². The van der Waals surface area contributed by atoms with E-state index in [-0.39, 0.29) is 11.6 Å². The van der Waals surface area contributed by atoms with Gasteiger partial charge in [0.15, 0.2) is 0 Å². The summed E-state index contributed by atoms with van der Waals surface area (Å²) in [6, 6.07) is 7.47. The summed E-state index contributed by atoms with van der Waals surface area (Å²) in [5.74, 6) is -0.245. The number of halogens is 1. The van der Waals surface area contributed by atoms with Crippen LogP contribution < -0.4 is 5.32 Å². The molecule has 1 N–H and O–H groups in total. The summed E-state index contributed by atoms with van der Waals surface area (Å²) in [5, 5.41) is 15.0. The molecule has 0 aliphatic carbocycles. The Morgan fingerprint density at radius 3 is 2.44 bits per heavy atom. The van der Waals surface area contributed by atoms with Crippen LogP contribution in [0.1, 0.15) is 9.67 Å². The van der Waals surface area contributed by atoms with Gasteiger partial charge in [-0.3, -0.25) is 14.9 Å². The standard InChI is InChI=1S/C11H7BrN2O3S/c12-9-5-6-18-10(9)11(15)13-7-1-3-8(4-2-7)14(16)17/h1-6H,(H,13,15). The summed E-state index contributed by atoms with van der Waals surface area (Å²) in [5.41, 5.74) is 0.510. The van der Waals surface area contributed by atoms with E-state index in [1.165, 1.54) is 35.6 Å². The molecule has 2 rings (SSSR count). The molecule has 18 heavy (non-hydrogen) atoms. The summed E-state index contributed by atoms with van der Waals surface area (Å²) in [6.07, 6.45) is 0.